The van der Waals surface area contributed by atoms with Crippen molar-refractivity contribution < 1.29 is 9.50 Å². The molecule has 0 radical (unpaired) electrons. The van der Waals surface area contributed by atoms with Gasteiger partial charge in [0.2, 0.25) is 0 Å². The number of aliphatic hydroxyl groups is 1. The molecule has 5 heteroatoms. The smallest absolute Gasteiger partial charge is 0.123 e. The number of aliphatic hydroxyl groups excluding tert-OH is 1. The van der Waals surface area contributed by atoms with Crippen molar-refractivity contribution in [2.75, 3.05) is 13.2 Å². The minimum Gasteiger partial charge on any atom is -0.395 e. The fourth-order valence-corrected chi connectivity index (χ4v) is 2.93. The Hall–Kier alpha value is -2.50. The van der Waals surface area contributed by atoms with E-state index in [-0.39, 0.29) is 17.8 Å². The third-order valence-electron chi connectivity index (χ3n) is 4.61. The van der Waals surface area contributed by atoms with E-state index in [9.17, 15) is 9.50 Å². The van der Waals surface area contributed by atoms with Gasteiger partial charge in [0, 0.05) is 30.3 Å². The summed E-state index contributed by atoms with van der Waals surface area (Å²) in [7, 11) is 0. The van der Waals surface area contributed by atoms with E-state index in [2.05, 4.69) is 10.4 Å². The molecule has 136 valence electrons. The van der Waals surface area contributed by atoms with Crippen LogP contribution in [0.15, 0.2) is 67.0 Å². The topological polar surface area (TPSA) is 50.1 Å². The van der Waals surface area contributed by atoms with Crippen molar-refractivity contribution in [3.8, 4) is 0 Å². The van der Waals surface area contributed by atoms with E-state index in [4.69, 9.17) is 0 Å². The normalized spacial score (nSPS) is 13.5. The molecule has 1 heterocycles. The molecule has 0 aliphatic carbocycles. The second kappa shape index (κ2) is 8.25. The van der Waals surface area contributed by atoms with Gasteiger partial charge in [-0.25, -0.2) is 4.39 Å². The summed E-state index contributed by atoms with van der Waals surface area (Å²) in [6.45, 7) is 4.07. The monoisotopic (exact) mass is 353 g/mol. The molecule has 0 saturated heterocycles. The molecule has 1 atom stereocenters. The third kappa shape index (κ3) is 4.56. The average Bonchev–Trinajstić information content (AvgIpc) is 3.11. The highest BCUT2D eigenvalue weighted by Gasteiger charge is 2.25. The Morgan fingerprint density at radius 3 is 2.50 bits per heavy atom. The van der Waals surface area contributed by atoms with Crippen LogP contribution in [0.5, 0.6) is 0 Å². The Labute approximate surface area is 153 Å². The van der Waals surface area contributed by atoms with Crippen LogP contribution in [0.2, 0.25) is 0 Å². The zero-order valence-electron chi connectivity index (χ0n) is 14.9. The summed E-state index contributed by atoms with van der Waals surface area (Å²) in [5.41, 5.74) is 2.86. The SMILES string of the molecule is CC(CO)(CNCc1cnn(Cc2ccc(F)cc2)c1)c1ccccc1. The third-order valence-corrected chi connectivity index (χ3v) is 4.61. The average molecular weight is 353 g/mol. The Bertz CT molecular complexity index is 817. The highest BCUT2D eigenvalue weighted by Crippen LogP contribution is 2.22. The second-order valence-electron chi connectivity index (χ2n) is 6.86. The molecule has 4 nitrogen and oxygen atoms in total. The molecule has 3 aromatic rings. The Balaban J connectivity index is 1.55. The van der Waals surface area contributed by atoms with Gasteiger partial charge in [-0.1, -0.05) is 49.4 Å². The lowest BCUT2D eigenvalue weighted by Gasteiger charge is -2.28. The van der Waals surface area contributed by atoms with Gasteiger partial charge in [-0.3, -0.25) is 4.68 Å². The summed E-state index contributed by atoms with van der Waals surface area (Å²) >= 11 is 0. The number of nitrogens with one attached hydrogen (secondary N) is 1. The summed E-state index contributed by atoms with van der Waals surface area (Å²) < 4.78 is 14.8. The van der Waals surface area contributed by atoms with E-state index in [1.54, 1.807) is 12.1 Å². The molecule has 0 spiro atoms. The Morgan fingerprint density at radius 2 is 1.81 bits per heavy atom. The van der Waals surface area contributed by atoms with Crippen LogP contribution < -0.4 is 5.32 Å². The van der Waals surface area contributed by atoms with Crippen molar-refractivity contribution in [2.24, 2.45) is 0 Å². The molecule has 0 fully saturated rings. The van der Waals surface area contributed by atoms with Gasteiger partial charge >= 0.3 is 0 Å². The standard InChI is InChI=1S/C21H24FN3O/c1-21(16-26,19-5-3-2-4-6-19)15-23-11-18-12-24-25(14-18)13-17-7-9-20(22)10-8-17/h2-10,12,14,23,26H,11,13,15-16H2,1H3. The summed E-state index contributed by atoms with van der Waals surface area (Å²) in [6, 6.07) is 16.5. The molecule has 0 aliphatic rings. The van der Waals surface area contributed by atoms with Crippen LogP contribution in [0.4, 0.5) is 4.39 Å². The van der Waals surface area contributed by atoms with E-state index in [0.717, 1.165) is 16.7 Å². The van der Waals surface area contributed by atoms with Crippen molar-refractivity contribution >= 4 is 0 Å². The minimum absolute atomic E-state index is 0.0772. The second-order valence-corrected chi connectivity index (χ2v) is 6.86. The lowest BCUT2D eigenvalue weighted by Crippen LogP contribution is -2.38. The molecule has 0 bridgehead atoms. The van der Waals surface area contributed by atoms with Crippen LogP contribution in [-0.4, -0.2) is 28.0 Å². The molecule has 0 amide bonds. The molecule has 26 heavy (non-hydrogen) atoms. The van der Waals surface area contributed by atoms with Gasteiger partial charge in [-0.05, 0) is 23.3 Å². The van der Waals surface area contributed by atoms with Crippen LogP contribution in [0, 0.1) is 5.82 Å². The number of rotatable bonds is 8. The van der Waals surface area contributed by atoms with Crippen molar-refractivity contribution in [1.29, 1.82) is 0 Å². The van der Waals surface area contributed by atoms with Gasteiger partial charge in [-0.2, -0.15) is 5.10 Å². The van der Waals surface area contributed by atoms with Crippen LogP contribution >= 0.6 is 0 Å². The zero-order chi connectivity index (χ0) is 18.4. The van der Waals surface area contributed by atoms with Crippen molar-refractivity contribution in [3.63, 3.8) is 0 Å². The molecule has 0 aliphatic heterocycles. The Kier molecular flexibility index (Phi) is 5.81. The predicted octanol–water partition coefficient (Wildman–Crippen LogP) is 3.11. The lowest BCUT2D eigenvalue weighted by molar-refractivity contribution is 0.201. The van der Waals surface area contributed by atoms with Crippen molar-refractivity contribution in [2.45, 2.75) is 25.4 Å². The first-order valence-electron chi connectivity index (χ1n) is 8.72. The van der Waals surface area contributed by atoms with Crippen LogP contribution in [0.3, 0.4) is 0 Å². The lowest BCUT2D eigenvalue weighted by atomic mass is 9.83. The first-order valence-corrected chi connectivity index (χ1v) is 8.72. The first-order chi connectivity index (χ1) is 12.6. The van der Waals surface area contributed by atoms with Crippen molar-refractivity contribution in [1.82, 2.24) is 15.1 Å². The quantitative estimate of drug-likeness (QED) is 0.654. The fraction of sp³-hybridized carbons (Fsp3) is 0.286. The van der Waals surface area contributed by atoms with E-state index >= 15 is 0 Å². The zero-order valence-corrected chi connectivity index (χ0v) is 14.9. The number of hydrogen-bond acceptors (Lipinski definition) is 3. The van der Waals surface area contributed by atoms with Crippen LogP contribution in [-0.2, 0) is 18.5 Å². The van der Waals surface area contributed by atoms with E-state index in [0.29, 0.717) is 19.6 Å². The van der Waals surface area contributed by atoms with Gasteiger partial charge in [0.1, 0.15) is 5.82 Å². The van der Waals surface area contributed by atoms with Gasteiger partial charge in [-0.15, -0.1) is 0 Å². The van der Waals surface area contributed by atoms with Crippen LogP contribution in [0.1, 0.15) is 23.6 Å². The largest absolute Gasteiger partial charge is 0.395 e. The predicted molar refractivity (Wildman–Crippen MR) is 100 cm³/mol. The number of hydrogen-bond donors (Lipinski definition) is 2. The maximum Gasteiger partial charge on any atom is 0.123 e. The van der Waals surface area contributed by atoms with E-state index < -0.39 is 0 Å². The summed E-state index contributed by atoms with van der Waals surface area (Å²) in [4.78, 5) is 0. The maximum atomic E-state index is 13.0. The molecule has 1 aromatic heterocycles. The highest BCUT2D eigenvalue weighted by atomic mass is 19.1. The molecular formula is C21H24FN3O. The molecule has 2 aromatic carbocycles. The molecular weight excluding hydrogens is 329 g/mol. The van der Waals surface area contributed by atoms with E-state index in [1.807, 2.05) is 54.3 Å². The number of benzene rings is 2. The molecule has 3 rings (SSSR count). The van der Waals surface area contributed by atoms with Crippen molar-refractivity contribution in [3.05, 3.63) is 89.5 Å². The summed E-state index contributed by atoms with van der Waals surface area (Å²) in [5, 5.41) is 17.6. The Morgan fingerprint density at radius 1 is 1.08 bits per heavy atom. The van der Waals surface area contributed by atoms with E-state index in [1.165, 1.54) is 12.1 Å². The number of nitrogens with zero attached hydrogens (tertiary/aromatic N) is 2. The van der Waals surface area contributed by atoms with Gasteiger partial charge in [0.15, 0.2) is 0 Å². The first kappa shape index (κ1) is 18.3. The summed E-state index contributed by atoms with van der Waals surface area (Å²) in [5.74, 6) is -0.232. The molecule has 0 saturated carbocycles. The highest BCUT2D eigenvalue weighted by molar-refractivity contribution is 5.25. The number of aromatic nitrogens is 2. The van der Waals surface area contributed by atoms with Gasteiger partial charge < -0.3 is 10.4 Å². The summed E-state index contributed by atoms with van der Waals surface area (Å²) in [6.07, 6.45) is 3.81. The minimum atomic E-state index is -0.328. The number of halogens is 1. The van der Waals surface area contributed by atoms with Gasteiger partial charge in [0.25, 0.3) is 0 Å². The maximum absolute atomic E-state index is 13.0. The molecule has 2 N–H and O–H groups in total. The van der Waals surface area contributed by atoms with Gasteiger partial charge in [0.05, 0.1) is 19.3 Å². The fourth-order valence-electron chi connectivity index (χ4n) is 2.93. The molecule has 1 unspecified atom stereocenters. The van der Waals surface area contributed by atoms with Crippen LogP contribution in [0.25, 0.3) is 0 Å².